The number of nitrogens with one attached hydrogen (secondary N) is 3. The van der Waals surface area contributed by atoms with Crippen molar-refractivity contribution >= 4 is 75.3 Å². The number of nitrogens with zero attached hydrogens (tertiary/aromatic N) is 12. The highest BCUT2D eigenvalue weighted by Gasteiger charge is 2.58. The summed E-state index contributed by atoms with van der Waals surface area (Å²) in [5.41, 5.74) is 9.24. The molecule has 0 aromatic carbocycles. The van der Waals surface area contributed by atoms with E-state index in [-0.39, 0.29) is 59.6 Å². The average molecular weight is 1050 g/mol. The van der Waals surface area contributed by atoms with Crippen LogP contribution in [-0.4, -0.2) is 160 Å². The van der Waals surface area contributed by atoms with Gasteiger partial charge in [0.1, 0.15) is 39.9 Å². The second-order valence-corrected chi connectivity index (χ2v) is 23.0. The van der Waals surface area contributed by atoms with E-state index >= 15 is 0 Å². The van der Waals surface area contributed by atoms with E-state index in [1.54, 1.807) is 87.0 Å². The summed E-state index contributed by atoms with van der Waals surface area (Å²) < 4.78 is 9.50. The van der Waals surface area contributed by atoms with E-state index in [1.165, 1.54) is 0 Å². The number of aromatic nitrogens is 8. The van der Waals surface area contributed by atoms with Crippen molar-refractivity contribution < 1.29 is 28.7 Å². The van der Waals surface area contributed by atoms with E-state index in [0.717, 1.165) is 86.5 Å². The SMILES string of the molecule is CN(C)C(=O)c1cc2cnc(Nc3ccc(C(=O)N4C[C@@H]5C(N)[C@@H]5C4)cn3)nc2n1C1CCCC1.CN(C)C(=O)c1cc2cnc(Nc3ccc(C(=O)N4C[C@@H]5C(NC(=O)OC(C)(C)C)[C@@H]5C4)cn3)nc2n1C1CCCC1. The van der Waals surface area contributed by atoms with Crippen LogP contribution in [0, 0.1) is 23.7 Å². The largest absolute Gasteiger partial charge is 0.444 e. The molecule has 22 nitrogen and oxygen atoms in total. The molecule has 5 amide bonds. The Morgan fingerprint density at radius 3 is 1.39 bits per heavy atom. The van der Waals surface area contributed by atoms with Gasteiger partial charge >= 0.3 is 6.09 Å². The average Bonchev–Trinajstić information content (AvgIpc) is 4.19. The van der Waals surface area contributed by atoms with Crippen molar-refractivity contribution in [2.45, 2.75) is 102 Å². The van der Waals surface area contributed by atoms with E-state index in [4.69, 9.17) is 20.4 Å². The van der Waals surface area contributed by atoms with E-state index < -0.39 is 11.7 Å². The van der Waals surface area contributed by atoms with Gasteiger partial charge in [-0.3, -0.25) is 19.2 Å². The van der Waals surface area contributed by atoms with Crippen LogP contribution < -0.4 is 21.7 Å². The topological polar surface area (TPSA) is 257 Å². The number of hydrogen-bond acceptors (Lipinski definition) is 15. The molecule has 6 fully saturated rings. The zero-order chi connectivity index (χ0) is 54.0. The lowest BCUT2D eigenvalue weighted by Gasteiger charge is -2.22. The van der Waals surface area contributed by atoms with Gasteiger partial charge in [0, 0.05) is 126 Å². The van der Waals surface area contributed by atoms with Crippen LogP contribution in [-0.2, 0) is 4.74 Å². The number of likely N-dealkylation sites (tertiary alicyclic amines) is 2. The maximum Gasteiger partial charge on any atom is 0.407 e. The van der Waals surface area contributed by atoms with Gasteiger partial charge < -0.3 is 55.2 Å². The summed E-state index contributed by atoms with van der Waals surface area (Å²) in [5, 5.41) is 10.9. The van der Waals surface area contributed by atoms with Gasteiger partial charge in [0.15, 0.2) is 0 Å². The highest BCUT2D eigenvalue weighted by molar-refractivity contribution is 5.99. The molecule has 77 heavy (non-hydrogen) atoms. The first kappa shape index (κ1) is 51.4. The fourth-order valence-electron chi connectivity index (χ4n) is 11.9. The molecular weight excluding hydrogens is 981 g/mol. The zero-order valence-corrected chi connectivity index (χ0v) is 44.8. The van der Waals surface area contributed by atoms with Crippen LogP contribution in [0.3, 0.4) is 0 Å². The van der Waals surface area contributed by atoms with Crippen LogP contribution >= 0.6 is 0 Å². The molecule has 0 radical (unpaired) electrons. The first-order valence-electron chi connectivity index (χ1n) is 26.9. The van der Waals surface area contributed by atoms with Crippen LogP contribution in [0.5, 0.6) is 0 Å². The predicted octanol–water partition coefficient (Wildman–Crippen LogP) is 6.40. The summed E-state index contributed by atoms with van der Waals surface area (Å²) in [7, 11) is 7.04. The summed E-state index contributed by atoms with van der Waals surface area (Å²) in [6, 6.07) is 11.6. The molecule has 2 unspecified atom stereocenters. The van der Waals surface area contributed by atoms with Crippen LogP contribution in [0.25, 0.3) is 22.1 Å². The van der Waals surface area contributed by atoms with Gasteiger partial charge in [-0.25, -0.2) is 24.7 Å². The van der Waals surface area contributed by atoms with Crippen molar-refractivity contribution in [1.82, 2.24) is 64.0 Å². The van der Waals surface area contributed by atoms with Gasteiger partial charge in [-0.1, -0.05) is 25.7 Å². The van der Waals surface area contributed by atoms with Gasteiger partial charge in [-0.05, 0) is 94.7 Å². The van der Waals surface area contributed by atoms with Crippen LogP contribution in [0.1, 0.15) is 126 Å². The van der Waals surface area contributed by atoms with Gasteiger partial charge in [-0.2, -0.15) is 9.97 Å². The molecule has 4 saturated carbocycles. The number of anilines is 4. The Hall–Kier alpha value is -7.75. The maximum atomic E-state index is 13.1. The molecule has 404 valence electrons. The molecule has 4 aliphatic carbocycles. The fourth-order valence-corrected chi connectivity index (χ4v) is 11.9. The van der Waals surface area contributed by atoms with E-state index in [9.17, 15) is 24.0 Å². The number of amides is 5. The quantitative estimate of drug-likeness (QED) is 0.110. The molecule has 5 N–H and O–H groups in total. The van der Waals surface area contributed by atoms with Crippen molar-refractivity contribution in [1.29, 1.82) is 0 Å². The Morgan fingerprint density at radius 1 is 0.597 bits per heavy atom. The number of alkyl carbamates (subject to hydrolysis) is 1. The molecule has 6 aromatic heterocycles. The highest BCUT2D eigenvalue weighted by Crippen LogP contribution is 2.46. The second kappa shape index (κ2) is 20.3. The van der Waals surface area contributed by atoms with Gasteiger partial charge in [0.25, 0.3) is 23.6 Å². The van der Waals surface area contributed by atoms with E-state index in [2.05, 4.69) is 45.0 Å². The number of rotatable bonds is 11. The third kappa shape index (κ3) is 10.5. The highest BCUT2D eigenvalue weighted by atomic mass is 16.6. The monoisotopic (exact) mass is 1050 g/mol. The van der Waals surface area contributed by atoms with Gasteiger partial charge in [-0.15, -0.1) is 0 Å². The lowest BCUT2D eigenvalue weighted by Crippen LogP contribution is -2.39. The molecule has 6 aromatic rings. The number of carbonyl (C=O) groups excluding carboxylic acids is 5. The van der Waals surface area contributed by atoms with Crippen LogP contribution in [0.4, 0.5) is 28.3 Å². The normalized spacial score (nSPS) is 22.5. The third-order valence-electron chi connectivity index (χ3n) is 16.0. The maximum absolute atomic E-state index is 13.1. The van der Waals surface area contributed by atoms with Crippen molar-refractivity contribution in [2.24, 2.45) is 29.4 Å². The lowest BCUT2D eigenvalue weighted by molar-refractivity contribution is 0.0512. The summed E-state index contributed by atoms with van der Waals surface area (Å²) in [4.78, 5) is 97.9. The molecule has 0 spiro atoms. The van der Waals surface area contributed by atoms with Crippen molar-refractivity contribution in [3.8, 4) is 0 Å². The number of fused-ring (bicyclic) bond motifs is 4. The smallest absolute Gasteiger partial charge is 0.407 e. The Bertz CT molecular complexity index is 3220. The molecule has 6 atom stereocenters. The molecule has 22 heteroatoms. The molecular formula is C55H68N16O6. The molecule has 2 saturated heterocycles. The number of carbonyl (C=O) groups is 5. The zero-order valence-electron chi connectivity index (χ0n) is 44.8. The van der Waals surface area contributed by atoms with Gasteiger partial charge in [0.2, 0.25) is 11.9 Å². The standard InChI is InChI=1S/C30H38N8O4.C25H30N8O2/c1-30(2,3)42-29(41)34-24-20-15-37(16-21(20)24)26(39)17-10-11-23(31-13-17)33-28-32-14-18-12-22(27(40)36(4)5)38(25(18)35-28)19-8-6-7-9-19;1-31(2)24(35)19-9-15-11-28-25(30-22(15)33(19)16-5-3-4-6-16)29-20-8-7-14(10-27-20)23(34)32-12-17-18(13-32)21(17)26/h10-14,19-21,24H,6-9,15-16H2,1-5H3,(H,34,41)(H,31,32,33,35);7-11,16-18,21H,3-6,12-13,26H2,1-2H3,(H,27,28,29,30)/t20-,21+,24?;17-,18+,21?. The summed E-state index contributed by atoms with van der Waals surface area (Å²) in [6.07, 6.45) is 14.9. The molecule has 8 heterocycles. The first-order valence-corrected chi connectivity index (χ1v) is 26.9. The summed E-state index contributed by atoms with van der Waals surface area (Å²) in [5.74, 6) is 3.07. The van der Waals surface area contributed by atoms with E-state index in [1.807, 2.05) is 42.7 Å². The molecule has 12 rings (SSSR count). The summed E-state index contributed by atoms with van der Waals surface area (Å²) in [6.45, 7) is 8.16. The number of ether oxygens (including phenoxy) is 1. The van der Waals surface area contributed by atoms with Crippen LogP contribution in [0.2, 0.25) is 0 Å². The van der Waals surface area contributed by atoms with Crippen molar-refractivity contribution in [3.05, 3.63) is 83.7 Å². The number of pyridine rings is 2. The number of piperidine rings is 2. The molecule has 0 bridgehead atoms. The van der Waals surface area contributed by atoms with Crippen molar-refractivity contribution in [2.75, 3.05) is 65.0 Å². The minimum Gasteiger partial charge on any atom is -0.444 e. The minimum absolute atomic E-state index is 0.00593. The van der Waals surface area contributed by atoms with Crippen LogP contribution in [0.15, 0.2) is 61.2 Å². The lowest BCUT2D eigenvalue weighted by atomic mass is 10.2. The minimum atomic E-state index is -0.542. The molecule has 2 aliphatic heterocycles. The third-order valence-corrected chi connectivity index (χ3v) is 16.0. The Morgan fingerprint density at radius 2 is 1.01 bits per heavy atom. The number of hydrogen-bond donors (Lipinski definition) is 4. The van der Waals surface area contributed by atoms with Crippen molar-refractivity contribution in [3.63, 3.8) is 0 Å². The van der Waals surface area contributed by atoms with E-state index in [0.29, 0.717) is 71.0 Å². The Balaban J connectivity index is 0.000000166. The Labute approximate surface area is 446 Å². The predicted molar refractivity (Wildman–Crippen MR) is 288 cm³/mol. The van der Waals surface area contributed by atoms with Gasteiger partial charge in [0.05, 0.1) is 11.1 Å². The summed E-state index contributed by atoms with van der Waals surface area (Å²) >= 11 is 0. The first-order chi connectivity index (χ1) is 36.9. The Kier molecular flexibility index (Phi) is 13.6. The second-order valence-electron chi connectivity index (χ2n) is 23.0. The number of nitrogens with two attached hydrogens (primary N) is 1. The fraction of sp³-hybridized carbons (Fsp3) is 0.509. The molecule has 6 aliphatic rings.